The average Bonchev–Trinajstić information content (AvgIpc) is 2.34. The van der Waals surface area contributed by atoms with Crippen LogP contribution in [-0.2, 0) is 4.79 Å². The van der Waals surface area contributed by atoms with E-state index in [1.54, 1.807) is 31.2 Å². The van der Waals surface area contributed by atoms with Gasteiger partial charge >= 0.3 is 0 Å². The SMILES string of the molecule is CC(O)c1ccc(OCC(=O)NCC#N)c(Cl)c1. The van der Waals surface area contributed by atoms with Crippen LogP contribution in [0.3, 0.4) is 0 Å². The smallest absolute Gasteiger partial charge is 0.258 e. The second-order valence-electron chi connectivity index (χ2n) is 3.59. The molecule has 0 saturated heterocycles. The first-order valence-corrected chi connectivity index (χ1v) is 5.66. The highest BCUT2D eigenvalue weighted by molar-refractivity contribution is 6.32. The molecule has 1 amide bonds. The fraction of sp³-hybridized carbons (Fsp3) is 0.333. The first-order valence-electron chi connectivity index (χ1n) is 5.28. The van der Waals surface area contributed by atoms with Crippen LogP contribution in [0.4, 0.5) is 0 Å². The highest BCUT2D eigenvalue weighted by Crippen LogP contribution is 2.27. The molecule has 2 N–H and O–H groups in total. The number of aliphatic hydroxyl groups excluding tert-OH is 1. The normalized spacial score (nSPS) is 11.4. The van der Waals surface area contributed by atoms with Crippen molar-refractivity contribution in [3.05, 3.63) is 28.8 Å². The summed E-state index contributed by atoms with van der Waals surface area (Å²) in [5.41, 5.74) is 0.668. The molecule has 0 spiro atoms. The zero-order valence-corrected chi connectivity index (χ0v) is 10.6. The third kappa shape index (κ3) is 4.24. The highest BCUT2D eigenvalue weighted by Gasteiger charge is 2.08. The van der Waals surface area contributed by atoms with E-state index in [2.05, 4.69) is 5.32 Å². The zero-order chi connectivity index (χ0) is 13.5. The second-order valence-corrected chi connectivity index (χ2v) is 4.00. The minimum Gasteiger partial charge on any atom is -0.482 e. The predicted molar refractivity (Wildman–Crippen MR) is 66.2 cm³/mol. The van der Waals surface area contributed by atoms with Crippen molar-refractivity contribution >= 4 is 17.5 Å². The highest BCUT2D eigenvalue weighted by atomic mass is 35.5. The number of nitrogens with one attached hydrogen (secondary N) is 1. The maximum absolute atomic E-state index is 11.2. The summed E-state index contributed by atoms with van der Waals surface area (Å²) in [6.07, 6.45) is -0.615. The van der Waals surface area contributed by atoms with E-state index in [0.29, 0.717) is 16.3 Å². The molecule has 0 bridgehead atoms. The molecule has 1 unspecified atom stereocenters. The van der Waals surface area contributed by atoms with Gasteiger partial charge in [0, 0.05) is 0 Å². The van der Waals surface area contributed by atoms with Crippen LogP contribution in [-0.4, -0.2) is 24.2 Å². The Labute approximate surface area is 110 Å². The minimum absolute atomic E-state index is 0.0586. The Bertz CT molecular complexity index is 469. The van der Waals surface area contributed by atoms with Gasteiger partial charge in [-0.1, -0.05) is 17.7 Å². The summed E-state index contributed by atoms with van der Waals surface area (Å²) >= 11 is 5.94. The number of benzene rings is 1. The van der Waals surface area contributed by atoms with Crippen molar-refractivity contribution in [3.8, 4) is 11.8 Å². The van der Waals surface area contributed by atoms with Crippen LogP contribution < -0.4 is 10.1 Å². The summed E-state index contributed by atoms with van der Waals surface area (Å²) in [7, 11) is 0. The summed E-state index contributed by atoms with van der Waals surface area (Å²) in [4.78, 5) is 11.2. The molecule has 18 heavy (non-hydrogen) atoms. The minimum atomic E-state index is -0.615. The Hall–Kier alpha value is -1.77. The van der Waals surface area contributed by atoms with Gasteiger partial charge in [0.05, 0.1) is 17.2 Å². The number of hydrogen-bond acceptors (Lipinski definition) is 4. The third-order valence-corrected chi connectivity index (χ3v) is 2.46. The summed E-state index contributed by atoms with van der Waals surface area (Å²) < 4.78 is 5.20. The lowest BCUT2D eigenvalue weighted by molar-refractivity contribution is -0.122. The number of halogens is 1. The van der Waals surface area contributed by atoms with E-state index in [1.165, 1.54) is 0 Å². The molecular formula is C12H13ClN2O3. The van der Waals surface area contributed by atoms with Crippen molar-refractivity contribution < 1.29 is 14.6 Å². The van der Waals surface area contributed by atoms with Crippen molar-refractivity contribution in [2.75, 3.05) is 13.2 Å². The summed E-state index contributed by atoms with van der Waals surface area (Å²) in [6.45, 7) is 1.36. The first-order chi connectivity index (χ1) is 8.54. The maximum Gasteiger partial charge on any atom is 0.258 e. The largest absolute Gasteiger partial charge is 0.482 e. The van der Waals surface area contributed by atoms with Crippen LogP contribution in [0.15, 0.2) is 18.2 Å². The van der Waals surface area contributed by atoms with Gasteiger partial charge in [0.25, 0.3) is 5.91 Å². The Balaban J connectivity index is 2.58. The molecule has 0 radical (unpaired) electrons. The van der Waals surface area contributed by atoms with Gasteiger partial charge < -0.3 is 15.2 Å². The van der Waals surface area contributed by atoms with Crippen LogP contribution in [0.25, 0.3) is 0 Å². The van der Waals surface area contributed by atoms with Gasteiger partial charge in [0.1, 0.15) is 12.3 Å². The van der Waals surface area contributed by atoms with E-state index in [1.807, 2.05) is 0 Å². The lowest BCUT2D eigenvalue weighted by Gasteiger charge is -2.10. The number of hydrogen-bond donors (Lipinski definition) is 2. The van der Waals surface area contributed by atoms with Gasteiger partial charge in [-0.2, -0.15) is 5.26 Å². The number of amides is 1. The molecule has 0 fully saturated rings. The van der Waals surface area contributed by atoms with Gasteiger partial charge in [-0.3, -0.25) is 4.79 Å². The van der Waals surface area contributed by atoms with E-state index in [0.717, 1.165) is 0 Å². The van der Waals surface area contributed by atoms with Gasteiger partial charge in [-0.05, 0) is 24.6 Å². The third-order valence-electron chi connectivity index (χ3n) is 2.16. The molecule has 0 saturated carbocycles. The van der Waals surface area contributed by atoms with Crippen LogP contribution in [0.1, 0.15) is 18.6 Å². The van der Waals surface area contributed by atoms with Crippen LogP contribution in [0.5, 0.6) is 5.75 Å². The summed E-state index contributed by atoms with van der Waals surface area (Å²) in [5.74, 6) is -0.0413. The summed E-state index contributed by atoms with van der Waals surface area (Å²) in [6, 6.07) is 6.62. The average molecular weight is 269 g/mol. The molecule has 1 atom stereocenters. The molecule has 0 aliphatic heterocycles. The molecule has 0 aliphatic carbocycles. The number of carbonyl (C=O) groups is 1. The van der Waals surface area contributed by atoms with E-state index in [4.69, 9.17) is 21.6 Å². The molecule has 96 valence electrons. The van der Waals surface area contributed by atoms with Crippen molar-refractivity contribution in [3.63, 3.8) is 0 Å². The lowest BCUT2D eigenvalue weighted by Crippen LogP contribution is -2.29. The number of ether oxygens (including phenoxy) is 1. The Morgan fingerprint density at radius 3 is 2.94 bits per heavy atom. The van der Waals surface area contributed by atoms with E-state index in [9.17, 15) is 9.90 Å². The quantitative estimate of drug-likeness (QED) is 0.791. The number of aliphatic hydroxyl groups is 1. The molecule has 0 aliphatic rings. The predicted octanol–water partition coefficient (Wildman–Crippen LogP) is 1.41. The molecule has 0 aromatic heterocycles. The van der Waals surface area contributed by atoms with Gasteiger partial charge in [-0.25, -0.2) is 0 Å². The monoisotopic (exact) mass is 268 g/mol. The standard InChI is InChI=1S/C12H13ClN2O3/c1-8(16)9-2-3-11(10(13)6-9)18-7-12(17)15-5-4-14/h2-3,6,8,16H,5,7H2,1H3,(H,15,17). The second kappa shape index (κ2) is 6.84. The Kier molecular flexibility index (Phi) is 5.43. The van der Waals surface area contributed by atoms with Gasteiger partial charge in [0.2, 0.25) is 0 Å². The molecule has 5 nitrogen and oxygen atoms in total. The molecule has 1 aromatic rings. The lowest BCUT2D eigenvalue weighted by atomic mass is 10.1. The molecule has 1 rings (SSSR count). The number of carbonyl (C=O) groups excluding carboxylic acids is 1. The van der Waals surface area contributed by atoms with Crippen LogP contribution in [0, 0.1) is 11.3 Å². The maximum atomic E-state index is 11.2. The molecule has 0 heterocycles. The van der Waals surface area contributed by atoms with Crippen LogP contribution >= 0.6 is 11.6 Å². The van der Waals surface area contributed by atoms with Crippen molar-refractivity contribution in [1.82, 2.24) is 5.32 Å². The van der Waals surface area contributed by atoms with E-state index >= 15 is 0 Å². The van der Waals surface area contributed by atoms with E-state index in [-0.39, 0.29) is 13.2 Å². The van der Waals surface area contributed by atoms with Gasteiger partial charge in [-0.15, -0.1) is 0 Å². The topological polar surface area (TPSA) is 82.3 Å². The van der Waals surface area contributed by atoms with Crippen LogP contribution in [0.2, 0.25) is 5.02 Å². The fourth-order valence-electron chi connectivity index (χ4n) is 1.23. The zero-order valence-electron chi connectivity index (χ0n) is 9.81. The Morgan fingerprint density at radius 1 is 1.67 bits per heavy atom. The molecule has 1 aromatic carbocycles. The number of nitrogens with zero attached hydrogens (tertiary/aromatic N) is 1. The molecule has 6 heteroatoms. The van der Waals surface area contributed by atoms with Crippen molar-refractivity contribution in [2.24, 2.45) is 0 Å². The number of nitriles is 1. The van der Waals surface area contributed by atoms with Gasteiger partial charge in [0.15, 0.2) is 6.61 Å². The summed E-state index contributed by atoms with van der Waals surface area (Å²) in [5, 5.41) is 20.3. The van der Waals surface area contributed by atoms with Crippen molar-refractivity contribution in [2.45, 2.75) is 13.0 Å². The first kappa shape index (κ1) is 14.3. The van der Waals surface area contributed by atoms with E-state index < -0.39 is 12.0 Å². The Morgan fingerprint density at radius 2 is 2.39 bits per heavy atom. The number of rotatable bonds is 5. The van der Waals surface area contributed by atoms with Crippen molar-refractivity contribution in [1.29, 1.82) is 5.26 Å². The molecular weight excluding hydrogens is 256 g/mol. The fourth-order valence-corrected chi connectivity index (χ4v) is 1.47.